The van der Waals surface area contributed by atoms with E-state index >= 15 is 0 Å². The lowest BCUT2D eigenvalue weighted by molar-refractivity contribution is 0.706. The van der Waals surface area contributed by atoms with Crippen LogP contribution in [0.5, 0.6) is 0 Å². The van der Waals surface area contributed by atoms with Gasteiger partial charge in [0.2, 0.25) is 0 Å². The van der Waals surface area contributed by atoms with Crippen LogP contribution in [-0.4, -0.2) is 50.7 Å². The molecule has 0 saturated carbocycles. The third-order valence-corrected chi connectivity index (χ3v) is 5.30. The first-order chi connectivity index (χ1) is 10.8. The Bertz CT molecular complexity index is 443. The van der Waals surface area contributed by atoms with Crippen LogP contribution < -0.4 is 15.5 Å². The first-order valence-corrected chi connectivity index (χ1v) is 9.17. The van der Waals surface area contributed by atoms with Gasteiger partial charge in [0.25, 0.3) is 0 Å². The molecule has 1 saturated heterocycles. The zero-order chi connectivity index (χ0) is 15.6. The van der Waals surface area contributed by atoms with Crippen molar-refractivity contribution in [3.05, 3.63) is 30.3 Å². The summed E-state index contributed by atoms with van der Waals surface area (Å²) in [5.41, 5.74) is 1.27. The van der Waals surface area contributed by atoms with Gasteiger partial charge in [-0.15, -0.1) is 0 Å². The van der Waals surface area contributed by atoms with E-state index in [9.17, 15) is 0 Å². The van der Waals surface area contributed by atoms with Crippen LogP contribution in [0.2, 0.25) is 0 Å². The number of anilines is 1. The molecule has 1 atom stereocenters. The van der Waals surface area contributed by atoms with Gasteiger partial charge in [-0.05, 0) is 37.1 Å². The summed E-state index contributed by atoms with van der Waals surface area (Å²) in [5, 5.41) is 7.59. The van der Waals surface area contributed by atoms with E-state index in [1.165, 1.54) is 24.3 Å². The number of aliphatic imine (C=N–C) groups is 1. The second-order valence-corrected chi connectivity index (χ2v) is 7.03. The summed E-state index contributed by atoms with van der Waals surface area (Å²) < 4.78 is 0. The molecule has 0 spiro atoms. The number of nitrogens with one attached hydrogen (secondary N) is 2. The molecule has 2 rings (SSSR count). The van der Waals surface area contributed by atoms with E-state index in [1.807, 2.05) is 7.05 Å². The molecule has 4 nitrogen and oxygen atoms in total. The lowest BCUT2D eigenvalue weighted by Crippen LogP contribution is -2.41. The third kappa shape index (κ3) is 5.79. The van der Waals surface area contributed by atoms with E-state index in [4.69, 9.17) is 0 Å². The van der Waals surface area contributed by atoms with E-state index < -0.39 is 0 Å². The van der Waals surface area contributed by atoms with E-state index in [2.05, 4.69) is 69.7 Å². The maximum absolute atomic E-state index is 4.30. The average molecular weight is 321 g/mol. The van der Waals surface area contributed by atoms with Gasteiger partial charge in [0.05, 0.1) is 0 Å². The number of benzene rings is 1. The standard InChI is InChI=1S/C17H28N4S/c1-18-17(20-14-16-10-6-13-22-16)19-11-7-12-21(2)15-8-4-3-5-9-15/h3-5,8-9,16H,6-7,10-14H2,1-2H3,(H2,18,19,20). The first kappa shape index (κ1) is 17.0. The van der Waals surface area contributed by atoms with Gasteiger partial charge in [0.1, 0.15) is 0 Å². The molecule has 1 aromatic carbocycles. The second-order valence-electron chi connectivity index (χ2n) is 5.63. The van der Waals surface area contributed by atoms with E-state index in [0.717, 1.165) is 37.3 Å². The summed E-state index contributed by atoms with van der Waals surface area (Å²) in [7, 11) is 3.98. The van der Waals surface area contributed by atoms with Crippen molar-refractivity contribution in [1.29, 1.82) is 0 Å². The SMILES string of the molecule is CN=C(NCCCN(C)c1ccccc1)NCC1CCCS1. The molecule has 22 heavy (non-hydrogen) atoms. The fourth-order valence-corrected chi connectivity index (χ4v) is 3.77. The molecule has 0 radical (unpaired) electrons. The molecule has 0 aromatic heterocycles. The Morgan fingerprint density at radius 3 is 2.82 bits per heavy atom. The fraction of sp³-hybridized carbons (Fsp3) is 0.588. The molecule has 5 heteroatoms. The van der Waals surface area contributed by atoms with Gasteiger partial charge < -0.3 is 15.5 Å². The molecule has 0 bridgehead atoms. The second kappa shape index (κ2) is 9.62. The summed E-state index contributed by atoms with van der Waals surface area (Å²) in [4.78, 5) is 6.58. The number of nitrogens with zero attached hydrogens (tertiary/aromatic N) is 2. The van der Waals surface area contributed by atoms with Crippen LogP contribution in [0.1, 0.15) is 19.3 Å². The molecular formula is C17H28N4S. The van der Waals surface area contributed by atoms with Gasteiger partial charge in [-0.1, -0.05) is 18.2 Å². The van der Waals surface area contributed by atoms with E-state index in [-0.39, 0.29) is 0 Å². The fourth-order valence-electron chi connectivity index (χ4n) is 2.57. The van der Waals surface area contributed by atoms with Crippen molar-refractivity contribution in [3.63, 3.8) is 0 Å². The lowest BCUT2D eigenvalue weighted by Gasteiger charge is -2.20. The van der Waals surface area contributed by atoms with Gasteiger partial charge in [0.15, 0.2) is 5.96 Å². The summed E-state index contributed by atoms with van der Waals surface area (Å²) >= 11 is 2.07. The molecule has 122 valence electrons. The van der Waals surface area contributed by atoms with Crippen molar-refractivity contribution in [1.82, 2.24) is 10.6 Å². The van der Waals surface area contributed by atoms with E-state index in [0.29, 0.717) is 0 Å². The van der Waals surface area contributed by atoms with E-state index in [1.54, 1.807) is 0 Å². The average Bonchev–Trinajstić information content (AvgIpc) is 3.08. The highest BCUT2D eigenvalue weighted by Gasteiger charge is 2.15. The molecule has 1 unspecified atom stereocenters. The lowest BCUT2D eigenvalue weighted by atomic mass is 10.2. The Morgan fingerprint density at radius 1 is 1.32 bits per heavy atom. The molecule has 1 aliphatic rings. The van der Waals surface area contributed by atoms with Crippen molar-refractivity contribution >= 4 is 23.4 Å². The van der Waals surface area contributed by atoms with Crippen LogP contribution in [0.25, 0.3) is 0 Å². The van der Waals surface area contributed by atoms with Gasteiger partial charge in [0, 0.05) is 44.7 Å². The largest absolute Gasteiger partial charge is 0.375 e. The minimum atomic E-state index is 0.753. The smallest absolute Gasteiger partial charge is 0.191 e. The Balaban J connectivity index is 1.60. The normalized spacial score (nSPS) is 18.3. The highest BCUT2D eigenvalue weighted by atomic mass is 32.2. The van der Waals surface area contributed by atoms with Crippen LogP contribution in [0, 0.1) is 0 Å². The van der Waals surface area contributed by atoms with Crippen molar-refractivity contribution in [3.8, 4) is 0 Å². The number of para-hydroxylation sites is 1. The Morgan fingerprint density at radius 2 is 2.14 bits per heavy atom. The first-order valence-electron chi connectivity index (χ1n) is 8.12. The summed E-state index contributed by atoms with van der Waals surface area (Å²) in [5.74, 6) is 2.24. The van der Waals surface area contributed by atoms with Gasteiger partial charge in [-0.3, -0.25) is 4.99 Å². The monoisotopic (exact) mass is 320 g/mol. The zero-order valence-corrected chi connectivity index (χ0v) is 14.5. The van der Waals surface area contributed by atoms with Gasteiger partial charge in [-0.2, -0.15) is 11.8 Å². The molecule has 2 N–H and O–H groups in total. The van der Waals surface area contributed by atoms with Crippen molar-refractivity contribution < 1.29 is 0 Å². The number of hydrogen-bond donors (Lipinski definition) is 2. The molecule has 0 amide bonds. The predicted molar refractivity (Wildman–Crippen MR) is 99.2 cm³/mol. The minimum Gasteiger partial charge on any atom is -0.375 e. The molecular weight excluding hydrogens is 292 g/mol. The van der Waals surface area contributed by atoms with Crippen LogP contribution in [-0.2, 0) is 0 Å². The Hall–Kier alpha value is -1.36. The molecule has 0 aliphatic carbocycles. The van der Waals surface area contributed by atoms with Gasteiger partial charge in [-0.25, -0.2) is 0 Å². The van der Waals surface area contributed by atoms with Crippen LogP contribution in [0.15, 0.2) is 35.3 Å². The van der Waals surface area contributed by atoms with Crippen molar-refractivity contribution in [2.75, 3.05) is 44.4 Å². The Labute approximate surface area is 138 Å². The highest BCUT2D eigenvalue weighted by Crippen LogP contribution is 2.25. The van der Waals surface area contributed by atoms with Crippen LogP contribution >= 0.6 is 11.8 Å². The van der Waals surface area contributed by atoms with Crippen LogP contribution in [0.3, 0.4) is 0 Å². The number of rotatable bonds is 7. The topological polar surface area (TPSA) is 39.7 Å². The van der Waals surface area contributed by atoms with Gasteiger partial charge >= 0.3 is 0 Å². The Kier molecular flexibility index (Phi) is 7.43. The summed E-state index contributed by atoms with van der Waals surface area (Å²) in [6.45, 7) is 3.00. The summed E-state index contributed by atoms with van der Waals surface area (Å²) in [6.07, 6.45) is 3.77. The quantitative estimate of drug-likeness (QED) is 0.460. The minimum absolute atomic E-state index is 0.753. The van der Waals surface area contributed by atoms with Crippen molar-refractivity contribution in [2.24, 2.45) is 4.99 Å². The van der Waals surface area contributed by atoms with Crippen LogP contribution in [0.4, 0.5) is 5.69 Å². The zero-order valence-electron chi connectivity index (χ0n) is 13.7. The molecule has 1 fully saturated rings. The molecule has 1 heterocycles. The number of guanidine groups is 1. The molecule has 1 aromatic rings. The maximum atomic E-state index is 4.30. The predicted octanol–water partition coefficient (Wildman–Crippen LogP) is 2.57. The molecule has 1 aliphatic heterocycles. The maximum Gasteiger partial charge on any atom is 0.191 e. The third-order valence-electron chi connectivity index (χ3n) is 3.90. The van der Waals surface area contributed by atoms with Crippen molar-refractivity contribution in [2.45, 2.75) is 24.5 Å². The highest BCUT2D eigenvalue weighted by molar-refractivity contribution is 8.00. The number of thioether (sulfide) groups is 1. The summed E-state index contributed by atoms with van der Waals surface area (Å²) in [6, 6.07) is 10.5. The number of hydrogen-bond acceptors (Lipinski definition) is 3.